The predicted octanol–water partition coefficient (Wildman–Crippen LogP) is 1.24. The van der Waals surface area contributed by atoms with Crippen molar-refractivity contribution in [2.45, 2.75) is 70.6 Å². The average Bonchev–Trinajstić information content (AvgIpc) is 2.36. The molecule has 2 aliphatic heterocycles. The lowest BCUT2D eigenvalue weighted by atomic mass is 9.98. The molecule has 4 atom stereocenters. The fraction of sp³-hybridized carbons (Fsp3) is 0.933. The molecule has 0 aromatic carbocycles. The van der Waals surface area contributed by atoms with Crippen molar-refractivity contribution in [1.29, 1.82) is 0 Å². The van der Waals surface area contributed by atoms with Gasteiger partial charge in [-0.05, 0) is 27.7 Å². The molecule has 128 valence electrons. The van der Waals surface area contributed by atoms with Crippen LogP contribution in [0.1, 0.15) is 34.6 Å². The quantitative estimate of drug-likeness (QED) is 0.722. The van der Waals surface area contributed by atoms with E-state index in [0.717, 1.165) is 0 Å². The van der Waals surface area contributed by atoms with Gasteiger partial charge in [0.15, 0.2) is 11.6 Å². The smallest absolute Gasteiger partial charge is 0.302 e. The maximum absolute atomic E-state index is 11.1. The second-order valence-electron chi connectivity index (χ2n) is 6.54. The van der Waals surface area contributed by atoms with E-state index in [4.69, 9.17) is 28.4 Å². The first-order valence-electron chi connectivity index (χ1n) is 7.47. The van der Waals surface area contributed by atoms with Crippen LogP contribution in [-0.2, 0) is 33.2 Å². The van der Waals surface area contributed by atoms with Gasteiger partial charge in [0.2, 0.25) is 0 Å². The van der Waals surface area contributed by atoms with Gasteiger partial charge in [-0.3, -0.25) is 4.79 Å². The molecular formula is C15H26O7. The molecule has 0 radical (unpaired) electrons. The molecule has 2 fully saturated rings. The Hall–Kier alpha value is -0.730. The zero-order valence-corrected chi connectivity index (χ0v) is 14.1. The molecule has 0 aromatic rings. The number of methoxy groups -OCH3 is 1. The number of esters is 1. The Morgan fingerprint density at radius 3 is 1.77 bits per heavy atom. The van der Waals surface area contributed by atoms with Crippen molar-refractivity contribution < 1.29 is 33.2 Å². The minimum atomic E-state index is -0.827. The Bertz CT molecular complexity index is 407. The minimum Gasteiger partial charge on any atom is -0.463 e. The van der Waals surface area contributed by atoms with Crippen LogP contribution in [0, 0.1) is 0 Å². The average molecular weight is 318 g/mol. The first kappa shape index (κ1) is 17.6. The van der Waals surface area contributed by atoms with Gasteiger partial charge >= 0.3 is 5.97 Å². The van der Waals surface area contributed by atoms with Gasteiger partial charge in [0.05, 0.1) is 6.61 Å². The van der Waals surface area contributed by atoms with Crippen molar-refractivity contribution >= 4 is 5.97 Å². The molecule has 0 aliphatic carbocycles. The van der Waals surface area contributed by atoms with E-state index >= 15 is 0 Å². The highest BCUT2D eigenvalue weighted by Gasteiger charge is 2.53. The molecule has 0 amide bonds. The zero-order valence-electron chi connectivity index (χ0n) is 14.1. The van der Waals surface area contributed by atoms with Crippen LogP contribution in [-0.4, -0.2) is 62.3 Å². The first-order valence-corrected chi connectivity index (χ1v) is 7.47. The molecule has 2 heterocycles. The van der Waals surface area contributed by atoms with Gasteiger partial charge < -0.3 is 28.4 Å². The monoisotopic (exact) mass is 318 g/mol. The normalized spacial score (nSPS) is 36.5. The van der Waals surface area contributed by atoms with Gasteiger partial charge in [-0.25, -0.2) is 0 Å². The van der Waals surface area contributed by atoms with Crippen LogP contribution < -0.4 is 0 Å². The third-order valence-electron chi connectivity index (χ3n) is 3.55. The van der Waals surface area contributed by atoms with Crippen molar-refractivity contribution in [3.8, 4) is 0 Å². The van der Waals surface area contributed by atoms with E-state index in [9.17, 15) is 4.79 Å². The van der Waals surface area contributed by atoms with Crippen molar-refractivity contribution in [3.05, 3.63) is 0 Å². The van der Waals surface area contributed by atoms with Gasteiger partial charge in [0, 0.05) is 14.0 Å². The van der Waals surface area contributed by atoms with Crippen molar-refractivity contribution in [2.24, 2.45) is 0 Å². The van der Waals surface area contributed by atoms with Gasteiger partial charge in [0.25, 0.3) is 0 Å². The van der Waals surface area contributed by atoms with Crippen LogP contribution in [0.5, 0.6) is 0 Å². The molecule has 22 heavy (non-hydrogen) atoms. The number of rotatable bonds is 4. The molecule has 2 rings (SSSR count). The van der Waals surface area contributed by atoms with E-state index in [1.807, 2.05) is 27.7 Å². The van der Waals surface area contributed by atoms with E-state index in [0.29, 0.717) is 6.61 Å². The molecule has 4 unspecified atom stereocenters. The van der Waals surface area contributed by atoms with Crippen LogP contribution in [0.15, 0.2) is 0 Å². The molecule has 7 heteroatoms. The Morgan fingerprint density at radius 1 is 0.909 bits per heavy atom. The van der Waals surface area contributed by atoms with Gasteiger partial charge in [-0.1, -0.05) is 0 Å². The van der Waals surface area contributed by atoms with E-state index in [2.05, 4.69) is 0 Å². The lowest BCUT2D eigenvalue weighted by Crippen LogP contribution is -2.67. The second kappa shape index (κ2) is 6.41. The summed E-state index contributed by atoms with van der Waals surface area (Å²) in [6, 6.07) is 0. The molecule has 7 nitrogen and oxygen atoms in total. The summed E-state index contributed by atoms with van der Waals surface area (Å²) in [7, 11) is 1.61. The number of hydrogen-bond donors (Lipinski definition) is 0. The highest BCUT2D eigenvalue weighted by molar-refractivity contribution is 5.65. The van der Waals surface area contributed by atoms with Crippen molar-refractivity contribution in [1.82, 2.24) is 0 Å². The minimum absolute atomic E-state index is 0.110. The lowest BCUT2D eigenvalue weighted by molar-refractivity contribution is -0.427. The number of fused-ring (bicyclic) bond motifs is 1. The maximum atomic E-state index is 11.1. The number of carbonyl (C=O) groups excluding carboxylic acids is 1. The fourth-order valence-corrected chi connectivity index (χ4v) is 2.90. The summed E-state index contributed by atoms with van der Waals surface area (Å²) in [5.74, 6) is -1.98. The summed E-state index contributed by atoms with van der Waals surface area (Å²) < 4.78 is 34.1. The highest BCUT2D eigenvalue weighted by atomic mass is 16.8. The Balaban J connectivity index is 2.21. The van der Waals surface area contributed by atoms with E-state index < -0.39 is 23.8 Å². The van der Waals surface area contributed by atoms with Crippen LogP contribution in [0.3, 0.4) is 0 Å². The summed E-state index contributed by atoms with van der Waals surface area (Å²) in [6.45, 7) is 9.14. The Kier molecular flexibility index (Phi) is 5.13. The Morgan fingerprint density at radius 2 is 1.36 bits per heavy atom. The lowest BCUT2D eigenvalue weighted by Gasteiger charge is -2.53. The molecule has 0 saturated carbocycles. The first-order chi connectivity index (χ1) is 10.1. The number of hydrogen-bond acceptors (Lipinski definition) is 7. The SMILES string of the molecule is COCC1OC(C)(C)OC2C(COC(C)=O)OC(C)(C)OC12. The predicted molar refractivity (Wildman–Crippen MR) is 76.2 cm³/mol. The van der Waals surface area contributed by atoms with E-state index in [1.165, 1.54) is 6.92 Å². The third-order valence-corrected chi connectivity index (χ3v) is 3.55. The number of carbonyl (C=O) groups is 1. The van der Waals surface area contributed by atoms with E-state index in [-0.39, 0.29) is 24.8 Å². The van der Waals surface area contributed by atoms with Gasteiger partial charge in [-0.2, -0.15) is 0 Å². The topological polar surface area (TPSA) is 72.5 Å². The van der Waals surface area contributed by atoms with Crippen molar-refractivity contribution in [3.63, 3.8) is 0 Å². The van der Waals surface area contributed by atoms with Crippen LogP contribution in [0.2, 0.25) is 0 Å². The molecule has 0 spiro atoms. The molecule has 0 aromatic heterocycles. The van der Waals surface area contributed by atoms with Gasteiger partial charge in [-0.15, -0.1) is 0 Å². The number of ether oxygens (including phenoxy) is 6. The summed E-state index contributed by atoms with van der Waals surface area (Å²) >= 11 is 0. The summed E-state index contributed by atoms with van der Waals surface area (Å²) in [5.41, 5.74) is 0. The van der Waals surface area contributed by atoms with Crippen LogP contribution >= 0.6 is 0 Å². The molecule has 0 N–H and O–H groups in total. The van der Waals surface area contributed by atoms with Crippen molar-refractivity contribution in [2.75, 3.05) is 20.3 Å². The fourth-order valence-electron chi connectivity index (χ4n) is 2.90. The summed E-state index contributed by atoms with van der Waals surface area (Å²) in [5, 5.41) is 0. The Labute approximate surface area is 131 Å². The highest BCUT2D eigenvalue weighted by Crippen LogP contribution is 2.38. The molecule has 2 saturated heterocycles. The molecular weight excluding hydrogens is 292 g/mol. The standard InChI is InChI=1S/C15H26O7/c1-9(16)18-8-11-13-12(21-15(4,5)20-11)10(7-17-6)19-14(2,3)22-13/h10-13H,7-8H2,1-6H3. The molecule has 2 aliphatic rings. The van der Waals surface area contributed by atoms with Crippen LogP contribution in [0.4, 0.5) is 0 Å². The largest absolute Gasteiger partial charge is 0.463 e. The second-order valence-corrected chi connectivity index (χ2v) is 6.54. The van der Waals surface area contributed by atoms with E-state index in [1.54, 1.807) is 7.11 Å². The van der Waals surface area contributed by atoms with Gasteiger partial charge in [0.1, 0.15) is 31.0 Å². The molecule has 0 bridgehead atoms. The third kappa shape index (κ3) is 4.17. The maximum Gasteiger partial charge on any atom is 0.302 e. The summed E-state index contributed by atoms with van der Waals surface area (Å²) in [6.07, 6.45) is -1.49. The van der Waals surface area contributed by atoms with Crippen LogP contribution in [0.25, 0.3) is 0 Å². The summed E-state index contributed by atoms with van der Waals surface area (Å²) in [4.78, 5) is 11.1. The zero-order chi connectivity index (χ0) is 16.5.